The molecule has 0 fully saturated rings. The summed E-state index contributed by atoms with van der Waals surface area (Å²) < 4.78 is 5.33. The number of benzene rings is 1. The van der Waals surface area contributed by atoms with E-state index in [2.05, 4.69) is 25.1 Å². The second-order valence-corrected chi connectivity index (χ2v) is 7.35. The van der Waals surface area contributed by atoms with Gasteiger partial charge in [-0.25, -0.2) is 0 Å². The van der Waals surface area contributed by atoms with Gasteiger partial charge in [0.05, 0.1) is 12.5 Å². The SMILES string of the molecule is COc1ccc(C(Cl)c2cc3c(s2)CCCCC3)cc1C. The molecule has 1 heterocycles. The van der Waals surface area contributed by atoms with Crippen LogP contribution in [0.4, 0.5) is 0 Å². The van der Waals surface area contributed by atoms with E-state index < -0.39 is 0 Å². The largest absolute Gasteiger partial charge is 0.496 e. The van der Waals surface area contributed by atoms with Crippen LogP contribution in [0.5, 0.6) is 5.75 Å². The number of hydrogen-bond acceptors (Lipinski definition) is 2. The third kappa shape index (κ3) is 3.12. The van der Waals surface area contributed by atoms with Gasteiger partial charge in [-0.3, -0.25) is 0 Å². The molecule has 0 saturated carbocycles. The summed E-state index contributed by atoms with van der Waals surface area (Å²) in [7, 11) is 1.70. The predicted octanol–water partition coefficient (Wildman–Crippen LogP) is 5.66. The lowest BCUT2D eigenvalue weighted by atomic mass is 10.1. The van der Waals surface area contributed by atoms with Gasteiger partial charge >= 0.3 is 0 Å². The number of ether oxygens (including phenoxy) is 1. The standard InChI is InChI=1S/C18H21ClOS/c1-12-10-14(8-9-15(12)20-2)18(19)17-11-13-6-4-3-5-7-16(13)21-17/h8-11,18H,3-7H2,1-2H3. The summed E-state index contributed by atoms with van der Waals surface area (Å²) in [5.74, 6) is 0.921. The Labute approximate surface area is 135 Å². The zero-order valence-corrected chi connectivity index (χ0v) is 14.2. The normalized spacial score (nSPS) is 16.1. The van der Waals surface area contributed by atoms with E-state index in [1.165, 1.54) is 42.5 Å². The minimum Gasteiger partial charge on any atom is -0.496 e. The maximum absolute atomic E-state index is 6.73. The molecular weight excluding hydrogens is 300 g/mol. The highest BCUT2D eigenvalue weighted by Crippen LogP contribution is 2.39. The molecule has 0 saturated heterocycles. The van der Waals surface area contributed by atoms with Crippen molar-refractivity contribution in [3.05, 3.63) is 50.7 Å². The van der Waals surface area contributed by atoms with Crippen LogP contribution in [0.15, 0.2) is 24.3 Å². The van der Waals surface area contributed by atoms with Crippen LogP contribution in [0.3, 0.4) is 0 Å². The molecule has 0 spiro atoms. The van der Waals surface area contributed by atoms with Crippen molar-refractivity contribution in [2.45, 2.75) is 44.4 Å². The van der Waals surface area contributed by atoms with Crippen molar-refractivity contribution in [1.29, 1.82) is 0 Å². The van der Waals surface area contributed by atoms with Gasteiger partial charge in [-0.1, -0.05) is 18.6 Å². The lowest BCUT2D eigenvalue weighted by molar-refractivity contribution is 0.411. The zero-order chi connectivity index (χ0) is 14.8. The number of halogens is 1. The van der Waals surface area contributed by atoms with Gasteiger partial charge in [-0.2, -0.15) is 0 Å². The van der Waals surface area contributed by atoms with Crippen molar-refractivity contribution >= 4 is 22.9 Å². The van der Waals surface area contributed by atoms with Gasteiger partial charge in [0, 0.05) is 9.75 Å². The fourth-order valence-corrected chi connectivity index (χ4v) is 4.63. The van der Waals surface area contributed by atoms with Crippen molar-refractivity contribution in [3.63, 3.8) is 0 Å². The fourth-order valence-electron chi connectivity index (χ4n) is 3.04. The highest BCUT2D eigenvalue weighted by molar-refractivity contribution is 7.12. The Kier molecular flexibility index (Phi) is 4.56. The first-order valence-electron chi connectivity index (χ1n) is 7.59. The first kappa shape index (κ1) is 14.9. The molecule has 1 nitrogen and oxygen atoms in total. The molecule has 2 aromatic rings. The lowest BCUT2D eigenvalue weighted by Gasteiger charge is -2.11. The third-order valence-electron chi connectivity index (χ3n) is 4.23. The van der Waals surface area contributed by atoms with Gasteiger partial charge < -0.3 is 4.74 Å². The summed E-state index contributed by atoms with van der Waals surface area (Å²) in [6.07, 6.45) is 6.44. The lowest BCUT2D eigenvalue weighted by Crippen LogP contribution is -1.93. The third-order valence-corrected chi connectivity index (χ3v) is 6.15. The first-order valence-corrected chi connectivity index (χ1v) is 8.84. The van der Waals surface area contributed by atoms with Crippen molar-refractivity contribution in [1.82, 2.24) is 0 Å². The molecule has 112 valence electrons. The van der Waals surface area contributed by atoms with Crippen molar-refractivity contribution in [2.75, 3.05) is 7.11 Å². The average Bonchev–Trinajstić information content (AvgIpc) is 2.77. The summed E-state index contributed by atoms with van der Waals surface area (Å²) >= 11 is 8.63. The van der Waals surface area contributed by atoms with Crippen LogP contribution in [0, 0.1) is 6.92 Å². The molecular formula is C18H21ClOS. The summed E-state index contributed by atoms with van der Waals surface area (Å²) in [6, 6.07) is 8.57. The quantitative estimate of drug-likeness (QED) is 0.523. The van der Waals surface area contributed by atoms with Crippen LogP contribution in [-0.4, -0.2) is 7.11 Å². The Bertz CT molecular complexity index is 609. The van der Waals surface area contributed by atoms with Crippen molar-refractivity contribution in [2.24, 2.45) is 0 Å². The summed E-state index contributed by atoms with van der Waals surface area (Å²) in [5, 5.41) is -0.0495. The van der Waals surface area contributed by atoms with Crippen LogP contribution >= 0.6 is 22.9 Å². The van der Waals surface area contributed by atoms with Crippen LogP contribution in [-0.2, 0) is 12.8 Å². The van der Waals surface area contributed by atoms with Gasteiger partial charge in [-0.15, -0.1) is 22.9 Å². The maximum Gasteiger partial charge on any atom is 0.121 e. The van der Waals surface area contributed by atoms with Gasteiger partial charge in [0.2, 0.25) is 0 Å². The zero-order valence-electron chi connectivity index (χ0n) is 12.6. The van der Waals surface area contributed by atoms with Gasteiger partial charge in [0.1, 0.15) is 5.75 Å². The molecule has 1 atom stereocenters. The highest BCUT2D eigenvalue weighted by atomic mass is 35.5. The number of alkyl halides is 1. The van der Waals surface area contributed by atoms with Gasteiger partial charge in [-0.05, 0) is 61.4 Å². The molecule has 0 N–H and O–H groups in total. The van der Waals surface area contributed by atoms with Crippen molar-refractivity contribution in [3.8, 4) is 5.75 Å². The van der Waals surface area contributed by atoms with E-state index in [0.717, 1.165) is 16.9 Å². The second-order valence-electron chi connectivity index (χ2n) is 5.75. The van der Waals surface area contributed by atoms with E-state index in [-0.39, 0.29) is 5.38 Å². The van der Waals surface area contributed by atoms with E-state index >= 15 is 0 Å². The highest BCUT2D eigenvalue weighted by Gasteiger charge is 2.19. The predicted molar refractivity (Wildman–Crippen MR) is 91.0 cm³/mol. The van der Waals surface area contributed by atoms with Crippen molar-refractivity contribution < 1.29 is 4.74 Å². The van der Waals surface area contributed by atoms with E-state index in [0.29, 0.717) is 0 Å². The Morgan fingerprint density at radius 2 is 1.95 bits per heavy atom. The Morgan fingerprint density at radius 1 is 1.14 bits per heavy atom. The average molecular weight is 321 g/mol. The molecule has 1 aromatic carbocycles. The number of aryl methyl sites for hydroxylation is 3. The maximum atomic E-state index is 6.73. The van der Waals surface area contributed by atoms with E-state index in [9.17, 15) is 0 Å². The minimum atomic E-state index is -0.0495. The van der Waals surface area contributed by atoms with E-state index in [1.54, 1.807) is 12.0 Å². The molecule has 1 aliphatic carbocycles. The first-order chi connectivity index (χ1) is 10.2. The molecule has 3 rings (SSSR count). The number of thiophene rings is 1. The van der Waals surface area contributed by atoms with Gasteiger partial charge in [0.15, 0.2) is 0 Å². The molecule has 1 aliphatic rings. The molecule has 0 aliphatic heterocycles. The minimum absolute atomic E-state index is 0.0495. The smallest absolute Gasteiger partial charge is 0.121 e. The van der Waals surface area contributed by atoms with Crippen LogP contribution in [0.25, 0.3) is 0 Å². The van der Waals surface area contributed by atoms with Crippen LogP contribution in [0.1, 0.15) is 51.1 Å². The molecule has 0 amide bonds. The summed E-state index contributed by atoms with van der Waals surface area (Å²) in [6.45, 7) is 2.07. The number of fused-ring (bicyclic) bond motifs is 1. The van der Waals surface area contributed by atoms with Gasteiger partial charge in [0.25, 0.3) is 0 Å². The van der Waals surface area contributed by atoms with Crippen LogP contribution in [0.2, 0.25) is 0 Å². The number of hydrogen-bond donors (Lipinski definition) is 0. The topological polar surface area (TPSA) is 9.23 Å². The number of methoxy groups -OCH3 is 1. The van der Waals surface area contributed by atoms with E-state index in [4.69, 9.17) is 16.3 Å². The summed E-state index contributed by atoms with van der Waals surface area (Å²) in [4.78, 5) is 2.84. The second kappa shape index (κ2) is 6.41. The number of rotatable bonds is 3. The fraction of sp³-hybridized carbons (Fsp3) is 0.444. The molecule has 3 heteroatoms. The molecule has 21 heavy (non-hydrogen) atoms. The van der Waals surface area contributed by atoms with E-state index in [1.807, 2.05) is 17.4 Å². The Hall–Kier alpha value is -0.990. The molecule has 0 radical (unpaired) electrons. The molecule has 1 unspecified atom stereocenters. The summed E-state index contributed by atoms with van der Waals surface area (Å²) in [5.41, 5.74) is 3.83. The van der Waals surface area contributed by atoms with Crippen LogP contribution < -0.4 is 4.74 Å². The molecule has 0 bridgehead atoms. The Balaban J connectivity index is 1.88. The Morgan fingerprint density at radius 3 is 2.71 bits per heavy atom. The molecule has 1 aromatic heterocycles. The monoisotopic (exact) mass is 320 g/mol.